The molecule has 0 spiro atoms. The summed E-state index contributed by atoms with van der Waals surface area (Å²) in [6, 6.07) is -0.972. The number of allylic oxidation sites excluding steroid dienone is 9. The lowest BCUT2D eigenvalue weighted by atomic mass is 9.96. The third-order valence-electron chi connectivity index (χ3n) is 18.1. The number of aliphatic hydroxyl groups excluding tert-OH is 11. The molecule has 3 fully saturated rings. The molecule has 0 aromatic rings. The van der Waals surface area contributed by atoms with Gasteiger partial charge in [0.2, 0.25) is 5.91 Å². The van der Waals surface area contributed by atoms with E-state index < -0.39 is 124 Å². The van der Waals surface area contributed by atoms with Gasteiger partial charge >= 0.3 is 0 Å². The Morgan fingerprint density at radius 1 is 0.402 bits per heavy atom. The van der Waals surface area contributed by atoms with Crippen LogP contribution in [0.5, 0.6) is 0 Å². The normalized spacial score (nSPS) is 28.0. The summed E-state index contributed by atoms with van der Waals surface area (Å²) in [6.07, 6.45) is 40.9. The molecule has 19 heteroatoms. The molecular formula is C73H131NO18. The van der Waals surface area contributed by atoms with Crippen LogP contribution in [-0.2, 0) is 33.2 Å². The molecule has 1 amide bonds. The third kappa shape index (κ3) is 35.7. The minimum absolute atomic E-state index is 0.245. The summed E-state index contributed by atoms with van der Waals surface area (Å²) >= 11 is 0. The molecule has 3 aliphatic rings. The molecule has 536 valence electrons. The molecule has 0 saturated carbocycles. The molecule has 12 N–H and O–H groups in total. The molecule has 3 heterocycles. The van der Waals surface area contributed by atoms with Crippen LogP contribution in [0.4, 0.5) is 0 Å². The van der Waals surface area contributed by atoms with Gasteiger partial charge in [-0.3, -0.25) is 4.79 Å². The second kappa shape index (κ2) is 54.5. The lowest BCUT2D eigenvalue weighted by Gasteiger charge is -2.48. The van der Waals surface area contributed by atoms with Gasteiger partial charge in [-0.2, -0.15) is 0 Å². The van der Waals surface area contributed by atoms with Crippen molar-refractivity contribution in [2.24, 2.45) is 0 Å². The van der Waals surface area contributed by atoms with Crippen molar-refractivity contribution in [1.29, 1.82) is 0 Å². The highest BCUT2D eigenvalue weighted by atomic mass is 16.8. The Balaban J connectivity index is 1.32. The summed E-state index contributed by atoms with van der Waals surface area (Å²) in [4.78, 5) is 13.4. The average molecular weight is 1310 g/mol. The maximum atomic E-state index is 13.4. The second-order valence-electron chi connectivity index (χ2n) is 26.0. The maximum absolute atomic E-state index is 13.4. The molecule has 92 heavy (non-hydrogen) atoms. The first-order valence-corrected chi connectivity index (χ1v) is 36.5. The highest BCUT2D eigenvalue weighted by Gasteiger charge is 2.53. The van der Waals surface area contributed by atoms with Gasteiger partial charge in [-0.25, -0.2) is 0 Å². The Hall–Kier alpha value is -2.51. The molecule has 19 nitrogen and oxygen atoms in total. The third-order valence-corrected chi connectivity index (χ3v) is 18.1. The number of unbranched alkanes of at least 4 members (excludes halogenated alkanes) is 32. The van der Waals surface area contributed by atoms with Gasteiger partial charge < -0.3 is 89.9 Å². The first-order valence-electron chi connectivity index (χ1n) is 36.5. The van der Waals surface area contributed by atoms with Crippen molar-refractivity contribution in [3.63, 3.8) is 0 Å². The van der Waals surface area contributed by atoms with E-state index in [1.807, 2.05) is 6.08 Å². The monoisotopic (exact) mass is 1310 g/mol. The molecule has 0 aromatic heterocycles. The highest BCUT2D eigenvalue weighted by Crippen LogP contribution is 2.33. The van der Waals surface area contributed by atoms with Crippen molar-refractivity contribution in [2.45, 2.75) is 369 Å². The summed E-state index contributed by atoms with van der Waals surface area (Å²) < 4.78 is 34.3. The average Bonchev–Trinajstić information content (AvgIpc) is 0.830. The smallest absolute Gasteiger partial charge is 0.220 e. The van der Waals surface area contributed by atoms with E-state index in [-0.39, 0.29) is 18.9 Å². The highest BCUT2D eigenvalue weighted by molar-refractivity contribution is 5.76. The molecule has 3 saturated heterocycles. The number of amides is 1. The van der Waals surface area contributed by atoms with E-state index in [1.54, 1.807) is 6.08 Å². The number of carbonyl (C=O) groups excluding carboxylic acids is 1. The van der Waals surface area contributed by atoms with Crippen LogP contribution in [0.15, 0.2) is 60.8 Å². The van der Waals surface area contributed by atoms with Gasteiger partial charge in [0.25, 0.3) is 0 Å². The van der Waals surface area contributed by atoms with Gasteiger partial charge in [-0.15, -0.1) is 0 Å². The standard InChI is InChI=1S/C73H131NO18/c1-3-5-7-9-11-13-15-17-18-19-20-21-22-23-24-25-26-27-28-29-30-31-32-33-34-35-36-37-38-39-41-43-45-47-49-51-61(79)74-56(57(78)50-48-46-44-42-40-16-14-12-10-8-6-4-2)55-87-71-67(85)64(82)69(59(53-76)89-71)92-73-68(86)65(83)70(60(54-77)90-73)91-72-66(84)63(81)62(80)58(52-75)88-72/h5,7,11,13,17-18,20-21,48,50,56-60,62-73,75-78,80-86H,3-4,6,8-10,12,14-16,19,22-47,49,51-55H2,1-2H3,(H,74,79)/b7-5-,13-11-,18-17-,21-20-,50-48+. The summed E-state index contributed by atoms with van der Waals surface area (Å²) in [7, 11) is 0. The largest absolute Gasteiger partial charge is 0.394 e. The number of aliphatic hydroxyl groups is 11. The first-order chi connectivity index (χ1) is 44.8. The van der Waals surface area contributed by atoms with E-state index in [2.05, 4.69) is 67.8 Å². The summed E-state index contributed by atoms with van der Waals surface area (Å²) in [5.74, 6) is -0.274. The van der Waals surface area contributed by atoms with Gasteiger partial charge in [0.05, 0.1) is 38.6 Å². The molecule has 0 aromatic carbocycles. The Kier molecular flexibility index (Phi) is 49.6. The zero-order chi connectivity index (χ0) is 66.8. The van der Waals surface area contributed by atoms with E-state index in [1.165, 1.54) is 167 Å². The number of hydrogen-bond donors (Lipinski definition) is 12. The topological polar surface area (TPSA) is 307 Å². The molecule has 0 bridgehead atoms. The van der Waals surface area contributed by atoms with Crippen molar-refractivity contribution in [1.82, 2.24) is 5.32 Å². The lowest BCUT2D eigenvalue weighted by Crippen LogP contribution is -2.66. The molecule has 0 radical (unpaired) electrons. The number of ether oxygens (including phenoxy) is 6. The minimum atomic E-state index is -1.98. The van der Waals surface area contributed by atoms with E-state index in [9.17, 15) is 61.0 Å². The van der Waals surface area contributed by atoms with Crippen molar-refractivity contribution in [2.75, 3.05) is 26.4 Å². The quantitative estimate of drug-likeness (QED) is 0.0199. The molecule has 3 rings (SSSR count). The lowest BCUT2D eigenvalue weighted by molar-refractivity contribution is -0.379. The zero-order valence-electron chi connectivity index (χ0n) is 56.8. The van der Waals surface area contributed by atoms with Gasteiger partial charge in [0, 0.05) is 6.42 Å². The fourth-order valence-corrected chi connectivity index (χ4v) is 12.2. The van der Waals surface area contributed by atoms with Gasteiger partial charge in [0.1, 0.15) is 73.2 Å². The van der Waals surface area contributed by atoms with Crippen molar-refractivity contribution >= 4 is 5.91 Å². The Morgan fingerprint density at radius 2 is 0.750 bits per heavy atom. The fraction of sp³-hybridized carbons (Fsp3) is 0.849. The summed E-state index contributed by atoms with van der Waals surface area (Å²) in [5, 5.41) is 120. The number of hydrogen-bond acceptors (Lipinski definition) is 18. The van der Waals surface area contributed by atoms with Crippen molar-refractivity contribution in [3.05, 3.63) is 60.8 Å². The van der Waals surface area contributed by atoms with E-state index in [0.29, 0.717) is 6.42 Å². The number of rotatable bonds is 56. The molecular weight excluding hydrogens is 1180 g/mol. The Morgan fingerprint density at radius 3 is 1.17 bits per heavy atom. The molecule has 17 atom stereocenters. The van der Waals surface area contributed by atoms with Crippen LogP contribution in [0.25, 0.3) is 0 Å². The summed E-state index contributed by atoms with van der Waals surface area (Å²) in [5.41, 5.74) is 0. The van der Waals surface area contributed by atoms with Crippen molar-refractivity contribution < 1.29 is 89.4 Å². The number of nitrogens with one attached hydrogen (secondary N) is 1. The first kappa shape index (κ1) is 83.7. The van der Waals surface area contributed by atoms with Crippen LogP contribution < -0.4 is 5.32 Å². The molecule has 0 aliphatic carbocycles. The van der Waals surface area contributed by atoms with Crippen LogP contribution >= 0.6 is 0 Å². The zero-order valence-corrected chi connectivity index (χ0v) is 56.8. The predicted molar refractivity (Wildman–Crippen MR) is 360 cm³/mol. The molecule has 3 aliphatic heterocycles. The summed E-state index contributed by atoms with van der Waals surface area (Å²) in [6.45, 7) is 1.62. The van der Waals surface area contributed by atoms with Crippen molar-refractivity contribution in [3.8, 4) is 0 Å². The second-order valence-corrected chi connectivity index (χ2v) is 26.0. The SMILES string of the molecule is CC/C=C\C/C=C\C/C=C\C/C=C\CCCCCCCCCCCCCCCCCCCCCCCCC(=O)NC(COC1OC(CO)C(OC2OC(CO)C(OC3OC(CO)C(O)C(O)C3O)C(O)C2O)C(O)C1O)C(O)/C=C/CCCCCCCCCCCC. The number of carbonyl (C=O) groups is 1. The fourth-order valence-electron chi connectivity index (χ4n) is 12.2. The van der Waals surface area contributed by atoms with Crippen LogP contribution in [0.3, 0.4) is 0 Å². The van der Waals surface area contributed by atoms with Crippen LogP contribution in [0, 0.1) is 0 Å². The van der Waals surface area contributed by atoms with Gasteiger partial charge in [-0.05, 0) is 57.8 Å². The van der Waals surface area contributed by atoms with E-state index in [0.717, 1.165) is 70.6 Å². The van der Waals surface area contributed by atoms with Gasteiger partial charge in [0.15, 0.2) is 18.9 Å². The van der Waals surface area contributed by atoms with Gasteiger partial charge in [-0.1, -0.05) is 261 Å². The molecule has 17 unspecified atom stereocenters. The predicted octanol–water partition coefficient (Wildman–Crippen LogP) is 10.3. The van der Waals surface area contributed by atoms with E-state index in [4.69, 9.17) is 28.4 Å². The van der Waals surface area contributed by atoms with E-state index >= 15 is 0 Å². The Labute approximate surface area is 554 Å². The minimum Gasteiger partial charge on any atom is -0.394 e. The maximum Gasteiger partial charge on any atom is 0.220 e. The van der Waals surface area contributed by atoms with Crippen LogP contribution in [-0.4, -0.2) is 193 Å². The van der Waals surface area contributed by atoms with Crippen LogP contribution in [0.2, 0.25) is 0 Å². The Bertz CT molecular complexity index is 1900. The van der Waals surface area contributed by atoms with Crippen LogP contribution in [0.1, 0.15) is 264 Å².